The minimum Gasteiger partial charge on any atom is -0.343 e. The van der Waals surface area contributed by atoms with Crippen LogP contribution in [0.1, 0.15) is 19.3 Å². The number of amides is 1. The van der Waals surface area contributed by atoms with Crippen LogP contribution in [0.25, 0.3) is 10.9 Å². The number of carbonyl (C=O) groups excluding carboxylic acids is 1. The van der Waals surface area contributed by atoms with E-state index in [2.05, 4.69) is 29.3 Å². The standard InChI is InChI=1S/C17H23N5O2/c1-20(2)13-7-10-21(11-8-13)16(23)9-12-22-17(24)14-5-3-4-6-15(14)18-19-22/h3-6,13H,7-12H2,1-2H3. The van der Waals surface area contributed by atoms with E-state index >= 15 is 0 Å². The predicted octanol–water partition coefficient (Wildman–Crippen LogP) is 0.734. The van der Waals surface area contributed by atoms with Crippen molar-refractivity contribution in [2.24, 2.45) is 0 Å². The second kappa shape index (κ2) is 7.09. The van der Waals surface area contributed by atoms with E-state index in [1.165, 1.54) is 4.68 Å². The minimum atomic E-state index is -0.195. The molecule has 1 aromatic carbocycles. The van der Waals surface area contributed by atoms with E-state index in [9.17, 15) is 9.59 Å². The van der Waals surface area contributed by atoms with Gasteiger partial charge in [-0.3, -0.25) is 9.59 Å². The molecule has 1 saturated heterocycles. The lowest BCUT2D eigenvalue weighted by atomic mass is 10.0. The van der Waals surface area contributed by atoms with Crippen LogP contribution in [0.15, 0.2) is 29.1 Å². The first-order valence-corrected chi connectivity index (χ1v) is 8.33. The van der Waals surface area contributed by atoms with Crippen molar-refractivity contribution in [3.05, 3.63) is 34.6 Å². The summed E-state index contributed by atoms with van der Waals surface area (Å²) in [5.74, 6) is 0.0778. The van der Waals surface area contributed by atoms with E-state index < -0.39 is 0 Å². The van der Waals surface area contributed by atoms with Crippen molar-refractivity contribution in [2.75, 3.05) is 27.2 Å². The number of hydrogen-bond donors (Lipinski definition) is 0. The number of piperidine rings is 1. The van der Waals surface area contributed by atoms with E-state index in [1.807, 2.05) is 11.0 Å². The molecule has 1 aromatic heterocycles. The number of carbonyl (C=O) groups is 1. The van der Waals surface area contributed by atoms with Crippen molar-refractivity contribution in [3.8, 4) is 0 Å². The SMILES string of the molecule is CN(C)C1CCN(C(=O)CCn2nnc3ccccc3c2=O)CC1. The Morgan fingerprint density at radius 1 is 1.25 bits per heavy atom. The molecule has 0 radical (unpaired) electrons. The van der Waals surface area contributed by atoms with Gasteiger partial charge < -0.3 is 9.80 Å². The lowest BCUT2D eigenvalue weighted by molar-refractivity contribution is -0.133. The molecule has 2 aromatic rings. The maximum Gasteiger partial charge on any atom is 0.277 e. The highest BCUT2D eigenvalue weighted by Crippen LogP contribution is 2.15. The molecule has 0 unspecified atom stereocenters. The number of nitrogens with zero attached hydrogens (tertiary/aromatic N) is 5. The summed E-state index contributed by atoms with van der Waals surface area (Å²) in [6, 6.07) is 7.66. The number of aryl methyl sites for hydroxylation is 1. The number of likely N-dealkylation sites (tertiary alicyclic amines) is 1. The summed E-state index contributed by atoms with van der Waals surface area (Å²) in [6.45, 7) is 1.82. The minimum absolute atomic E-state index is 0.0778. The Morgan fingerprint density at radius 3 is 2.67 bits per heavy atom. The summed E-state index contributed by atoms with van der Waals surface area (Å²) in [7, 11) is 4.15. The number of fused-ring (bicyclic) bond motifs is 1. The lowest BCUT2D eigenvalue weighted by Crippen LogP contribution is -2.44. The Balaban J connectivity index is 1.61. The first kappa shape index (κ1) is 16.6. The Hall–Kier alpha value is -2.28. The third-order valence-electron chi connectivity index (χ3n) is 4.71. The van der Waals surface area contributed by atoms with Gasteiger partial charge in [0.25, 0.3) is 5.56 Å². The zero-order chi connectivity index (χ0) is 17.1. The maximum absolute atomic E-state index is 12.4. The first-order chi connectivity index (χ1) is 11.6. The normalized spacial score (nSPS) is 16.0. The summed E-state index contributed by atoms with van der Waals surface area (Å²) in [4.78, 5) is 28.8. The smallest absolute Gasteiger partial charge is 0.277 e. The van der Waals surface area contributed by atoms with E-state index in [-0.39, 0.29) is 24.4 Å². The molecule has 1 fully saturated rings. The van der Waals surface area contributed by atoms with Gasteiger partial charge in [0.05, 0.1) is 11.9 Å². The fourth-order valence-electron chi connectivity index (χ4n) is 3.16. The molecule has 3 rings (SSSR count). The van der Waals surface area contributed by atoms with Crippen LogP contribution in [0.5, 0.6) is 0 Å². The largest absolute Gasteiger partial charge is 0.343 e. The summed E-state index contributed by atoms with van der Waals surface area (Å²) in [6.07, 6.45) is 2.27. The van der Waals surface area contributed by atoms with Crippen molar-refractivity contribution < 1.29 is 4.79 Å². The van der Waals surface area contributed by atoms with Crippen LogP contribution >= 0.6 is 0 Å². The Labute approximate surface area is 140 Å². The molecule has 0 spiro atoms. The number of benzene rings is 1. The molecule has 2 heterocycles. The van der Waals surface area contributed by atoms with Crippen LogP contribution in [-0.2, 0) is 11.3 Å². The number of hydrogen-bond acceptors (Lipinski definition) is 5. The average Bonchev–Trinajstić information content (AvgIpc) is 2.61. The van der Waals surface area contributed by atoms with Crippen LogP contribution in [0.4, 0.5) is 0 Å². The fraction of sp³-hybridized carbons (Fsp3) is 0.529. The molecule has 1 aliphatic heterocycles. The van der Waals surface area contributed by atoms with Gasteiger partial charge in [-0.15, -0.1) is 5.10 Å². The maximum atomic E-state index is 12.4. The monoisotopic (exact) mass is 329 g/mol. The van der Waals surface area contributed by atoms with Crippen LogP contribution in [0.3, 0.4) is 0 Å². The van der Waals surface area contributed by atoms with Gasteiger partial charge in [0.2, 0.25) is 5.91 Å². The van der Waals surface area contributed by atoms with Gasteiger partial charge in [-0.05, 0) is 39.1 Å². The van der Waals surface area contributed by atoms with Crippen LogP contribution < -0.4 is 5.56 Å². The second-order valence-electron chi connectivity index (χ2n) is 6.46. The number of rotatable bonds is 4. The molecule has 0 atom stereocenters. The van der Waals surface area contributed by atoms with Crippen LogP contribution in [0, 0.1) is 0 Å². The van der Waals surface area contributed by atoms with E-state index in [4.69, 9.17) is 0 Å². The fourth-order valence-corrected chi connectivity index (χ4v) is 3.16. The zero-order valence-electron chi connectivity index (χ0n) is 14.2. The second-order valence-corrected chi connectivity index (χ2v) is 6.46. The van der Waals surface area contributed by atoms with Crippen molar-refractivity contribution in [1.29, 1.82) is 0 Å². The average molecular weight is 329 g/mol. The quantitative estimate of drug-likeness (QED) is 0.827. The highest BCUT2D eigenvalue weighted by atomic mass is 16.2. The molecule has 0 aliphatic carbocycles. The summed E-state index contributed by atoms with van der Waals surface area (Å²) in [5.41, 5.74) is 0.385. The summed E-state index contributed by atoms with van der Waals surface area (Å²) < 4.78 is 1.28. The van der Waals surface area contributed by atoms with E-state index in [0.717, 1.165) is 25.9 Å². The van der Waals surface area contributed by atoms with Gasteiger partial charge in [-0.2, -0.15) is 0 Å². The van der Waals surface area contributed by atoms with Gasteiger partial charge in [-0.25, -0.2) is 4.68 Å². The molecular weight excluding hydrogens is 306 g/mol. The van der Waals surface area contributed by atoms with Crippen molar-refractivity contribution in [1.82, 2.24) is 24.8 Å². The van der Waals surface area contributed by atoms with Gasteiger partial charge >= 0.3 is 0 Å². The molecule has 1 amide bonds. The van der Waals surface area contributed by atoms with Gasteiger partial charge in [-0.1, -0.05) is 17.3 Å². The van der Waals surface area contributed by atoms with Gasteiger partial charge in [0.1, 0.15) is 5.52 Å². The molecule has 7 heteroatoms. The molecule has 1 aliphatic rings. The van der Waals surface area contributed by atoms with Crippen molar-refractivity contribution in [2.45, 2.75) is 31.8 Å². The third kappa shape index (κ3) is 3.46. The zero-order valence-corrected chi connectivity index (χ0v) is 14.2. The molecular formula is C17H23N5O2. The summed E-state index contributed by atoms with van der Waals surface area (Å²) >= 11 is 0. The van der Waals surface area contributed by atoms with Gasteiger partial charge in [0, 0.05) is 25.6 Å². The molecule has 0 bridgehead atoms. The van der Waals surface area contributed by atoms with Crippen molar-refractivity contribution in [3.63, 3.8) is 0 Å². The molecule has 7 nitrogen and oxygen atoms in total. The van der Waals surface area contributed by atoms with E-state index in [1.54, 1.807) is 18.2 Å². The highest BCUT2D eigenvalue weighted by Gasteiger charge is 2.23. The van der Waals surface area contributed by atoms with Crippen LogP contribution in [0.2, 0.25) is 0 Å². The Bertz CT molecular complexity index is 778. The topological polar surface area (TPSA) is 71.3 Å². The lowest BCUT2D eigenvalue weighted by Gasteiger charge is -2.35. The first-order valence-electron chi connectivity index (χ1n) is 8.33. The van der Waals surface area contributed by atoms with E-state index in [0.29, 0.717) is 16.9 Å². The molecule has 0 N–H and O–H groups in total. The van der Waals surface area contributed by atoms with Crippen molar-refractivity contribution >= 4 is 16.8 Å². The number of aromatic nitrogens is 3. The Morgan fingerprint density at radius 2 is 1.96 bits per heavy atom. The van der Waals surface area contributed by atoms with Crippen LogP contribution in [-0.4, -0.2) is 63.9 Å². The molecule has 24 heavy (non-hydrogen) atoms. The molecule has 128 valence electrons. The molecule has 0 saturated carbocycles. The third-order valence-corrected chi connectivity index (χ3v) is 4.71. The Kier molecular flexibility index (Phi) is 4.89. The summed E-state index contributed by atoms with van der Waals surface area (Å²) in [5, 5.41) is 8.51. The van der Waals surface area contributed by atoms with Gasteiger partial charge in [0.15, 0.2) is 0 Å². The predicted molar refractivity (Wildman–Crippen MR) is 91.7 cm³/mol. The highest BCUT2D eigenvalue weighted by molar-refractivity contribution is 5.77.